The third kappa shape index (κ3) is 5.73. The third-order valence-electron chi connectivity index (χ3n) is 6.60. The lowest BCUT2D eigenvalue weighted by molar-refractivity contribution is 0.104. The Bertz CT molecular complexity index is 1690. The van der Waals surface area contributed by atoms with E-state index in [1.54, 1.807) is 41.2 Å². The number of pyridine rings is 1. The van der Waals surface area contributed by atoms with Crippen molar-refractivity contribution >= 4 is 40.2 Å². The molecule has 1 aliphatic heterocycles. The number of hydrogen-bond acceptors (Lipinski definition) is 7. The summed E-state index contributed by atoms with van der Waals surface area (Å²) >= 11 is 6.09. The number of ether oxygens (including phenoxy) is 2. The minimum Gasteiger partial charge on any atom is -0.486 e. The third-order valence-corrected chi connectivity index (χ3v) is 6.83. The van der Waals surface area contributed by atoms with E-state index in [4.69, 9.17) is 26.1 Å². The molecule has 0 saturated carbocycles. The zero-order valence-electron chi connectivity index (χ0n) is 21.6. The summed E-state index contributed by atoms with van der Waals surface area (Å²) in [7, 11) is 0. The normalized spacial score (nSPS) is 13.7. The SMILES string of the molecule is O=C(/C=C/c1cc2ccccc2nc1N1CCOCC1)c1ccccc1OCc1cn(-c2cccc(Cl)c2)nn1. The molecular formula is C31H26ClN5O3. The molecule has 40 heavy (non-hydrogen) atoms. The maximum Gasteiger partial charge on any atom is 0.189 e. The minimum atomic E-state index is -0.167. The van der Waals surface area contributed by atoms with Gasteiger partial charge in [-0.1, -0.05) is 53.2 Å². The minimum absolute atomic E-state index is 0.157. The van der Waals surface area contributed by atoms with Crippen LogP contribution in [0.25, 0.3) is 22.7 Å². The molecule has 200 valence electrons. The fraction of sp³-hybridized carbons (Fsp3) is 0.161. The van der Waals surface area contributed by atoms with Crippen molar-refractivity contribution < 1.29 is 14.3 Å². The number of fused-ring (bicyclic) bond motifs is 1. The molecule has 1 saturated heterocycles. The van der Waals surface area contributed by atoms with Crippen molar-refractivity contribution in [3.8, 4) is 11.4 Å². The molecule has 0 spiro atoms. The van der Waals surface area contributed by atoms with Crippen LogP contribution in [0, 0.1) is 0 Å². The van der Waals surface area contributed by atoms with Crippen molar-refractivity contribution in [2.24, 2.45) is 0 Å². The topological polar surface area (TPSA) is 82.4 Å². The van der Waals surface area contributed by atoms with Crippen LogP contribution < -0.4 is 9.64 Å². The van der Waals surface area contributed by atoms with Crippen molar-refractivity contribution in [1.82, 2.24) is 20.0 Å². The first-order valence-corrected chi connectivity index (χ1v) is 13.4. The number of nitrogens with zero attached hydrogens (tertiary/aromatic N) is 5. The second-order valence-electron chi connectivity index (χ2n) is 9.31. The fourth-order valence-corrected chi connectivity index (χ4v) is 4.77. The summed E-state index contributed by atoms with van der Waals surface area (Å²) in [6.45, 7) is 2.95. The van der Waals surface area contributed by atoms with E-state index in [1.165, 1.54) is 0 Å². The highest BCUT2D eigenvalue weighted by molar-refractivity contribution is 6.30. The molecule has 3 aromatic carbocycles. The molecule has 9 heteroatoms. The van der Waals surface area contributed by atoms with Gasteiger partial charge in [0.15, 0.2) is 5.78 Å². The van der Waals surface area contributed by atoms with Crippen LogP contribution in [0.2, 0.25) is 5.02 Å². The quantitative estimate of drug-likeness (QED) is 0.178. The van der Waals surface area contributed by atoms with E-state index in [0.717, 1.165) is 41.1 Å². The summed E-state index contributed by atoms with van der Waals surface area (Å²) in [5.74, 6) is 1.15. The number of hydrogen-bond donors (Lipinski definition) is 0. The number of para-hydroxylation sites is 2. The molecule has 0 atom stereocenters. The molecule has 3 heterocycles. The van der Waals surface area contributed by atoms with Gasteiger partial charge in [0.25, 0.3) is 0 Å². The van der Waals surface area contributed by atoms with Crippen LogP contribution in [0.1, 0.15) is 21.6 Å². The molecule has 1 fully saturated rings. The van der Waals surface area contributed by atoms with Crippen molar-refractivity contribution in [3.05, 3.63) is 113 Å². The first-order chi connectivity index (χ1) is 19.6. The van der Waals surface area contributed by atoms with Crippen molar-refractivity contribution in [3.63, 3.8) is 0 Å². The van der Waals surface area contributed by atoms with Gasteiger partial charge >= 0.3 is 0 Å². The molecular weight excluding hydrogens is 526 g/mol. The number of rotatable bonds is 8. The van der Waals surface area contributed by atoms with E-state index >= 15 is 0 Å². The number of carbonyl (C=O) groups excluding carboxylic acids is 1. The van der Waals surface area contributed by atoms with Crippen LogP contribution >= 0.6 is 11.6 Å². The van der Waals surface area contributed by atoms with Crippen LogP contribution in [0.4, 0.5) is 5.82 Å². The van der Waals surface area contributed by atoms with Gasteiger partial charge in [0.05, 0.1) is 36.2 Å². The van der Waals surface area contributed by atoms with Gasteiger partial charge in [-0.05, 0) is 54.6 Å². The smallest absolute Gasteiger partial charge is 0.189 e. The van der Waals surface area contributed by atoms with E-state index in [1.807, 2.05) is 54.6 Å². The Morgan fingerprint density at radius 1 is 1.00 bits per heavy atom. The average Bonchev–Trinajstić information content (AvgIpc) is 3.48. The van der Waals surface area contributed by atoms with Gasteiger partial charge in [0.2, 0.25) is 0 Å². The Morgan fingerprint density at radius 2 is 1.82 bits per heavy atom. The summed E-state index contributed by atoms with van der Waals surface area (Å²) in [6.07, 6.45) is 5.18. The van der Waals surface area contributed by atoms with Gasteiger partial charge < -0.3 is 14.4 Å². The number of morpholine rings is 1. The van der Waals surface area contributed by atoms with E-state index in [0.29, 0.717) is 35.2 Å². The second kappa shape index (κ2) is 11.7. The molecule has 0 unspecified atom stereocenters. The number of carbonyl (C=O) groups is 1. The molecule has 0 amide bonds. The molecule has 0 bridgehead atoms. The molecule has 1 aliphatic rings. The predicted molar refractivity (Wildman–Crippen MR) is 155 cm³/mol. The summed E-state index contributed by atoms with van der Waals surface area (Å²) in [5, 5.41) is 9.98. The fourth-order valence-electron chi connectivity index (χ4n) is 4.59. The second-order valence-corrected chi connectivity index (χ2v) is 9.75. The van der Waals surface area contributed by atoms with Crippen molar-refractivity contribution in [2.45, 2.75) is 6.61 Å². The summed E-state index contributed by atoms with van der Waals surface area (Å²) < 4.78 is 13.2. The summed E-state index contributed by atoms with van der Waals surface area (Å²) in [4.78, 5) is 20.5. The van der Waals surface area contributed by atoms with Crippen LogP contribution in [-0.4, -0.2) is 52.1 Å². The first-order valence-electron chi connectivity index (χ1n) is 13.0. The van der Waals surface area contributed by atoms with Gasteiger partial charge in [-0.3, -0.25) is 4.79 Å². The Kier molecular flexibility index (Phi) is 7.52. The Hall–Kier alpha value is -4.53. The Balaban J connectivity index is 1.21. The van der Waals surface area contributed by atoms with Gasteiger partial charge in [-0.2, -0.15) is 0 Å². The summed E-state index contributed by atoms with van der Waals surface area (Å²) in [6, 6.07) is 24.6. The van der Waals surface area contributed by atoms with E-state index in [-0.39, 0.29) is 12.4 Å². The molecule has 0 radical (unpaired) electrons. The Morgan fingerprint density at radius 3 is 2.70 bits per heavy atom. The van der Waals surface area contributed by atoms with Crippen LogP contribution in [-0.2, 0) is 11.3 Å². The number of aromatic nitrogens is 4. The molecule has 0 aliphatic carbocycles. The molecule has 8 nitrogen and oxygen atoms in total. The highest BCUT2D eigenvalue weighted by atomic mass is 35.5. The van der Waals surface area contributed by atoms with Crippen LogP contribution in [0.15, 0.2) is 91.1 Å². The zero-order chi connectivity index (χ0) is 27.3. The highest BCUT2D eigenvalue weighted by Crippen LogP contribution is 2.27. The monoisotopic (exact) mass is 551 g/mol. The van der Waals surface area contributed by atoms with Crippen molar-refractivity contribution in [2.75, 3.05) is 31.2 Å². The van der Waals surface area contributed by atoms with Crippen LogP contribution in [0.5, 0.6) is 5.75 Å². The highest BCUT2D eigenvalue weighted by Gasteiger charge is 2.17. The van der Waals surface area contributed by atoms with E-state index < -0.39 is 0 Å². The first kappa shape index (κ1) is 25.7. The molecule has 2 aromatic heterocycles. The maximum absolute atomic E-state index is 13.4. The van der Waals surface area contributed by atoms with Crippen molar-refractivity contribution in [1.29, 1.82) is 0 Å². The Labute approximate surface area is 236 Å². The lowest BCUT2D eigenvalue weighted by Gasteiger charge is -2.29. The number of allylic oxidation sites excluding steroid dienone is 1. The summed E-state index contributed by atoms with van der Waals surface area (Å²) in [5.41, 5.74) is 3.67. The van der Waals surface area contributed by atoms with Crippen LogP contribution in [0.3, 0.4) is 0 Å². The lowest BCUT2D eigenvalue weighted by atomic mass is 10.1. The maximum atomic E-state index is 13.4. The molecule has 6 rings (SSSR count). The molecule has 5 aromatic rings. The van der Waals surface area contributed by atoms with Gasteiger partial charge in [-0.25, -0.2) is 9.67 Å². The van der Waals surface area contributed by atoms with Gasteiger partial charge in [0.1, 0.15) is 23.9 Å². The number of anilines is 1. The number of benzene rings is 3. The van der Waals surface area contributed by atoms with E-state index in [2.05, 4.69) is 21.3 Å². The standard InChI is InChI=1S/C31H26ClN5O3/c32-24-7-5-8-26(19-24)37-20-25(34-35-37)21-40-30-11-4-2-9-27(30)29(38)13-12-23-18-22-6-1-3-10-28(22)33-31(23)36-14-16-39-17-15-36/h1-13,18-20H,14-17,21H2/b13-12+. The lowest BCUT2D eigenvalue weighted by Crippen LogP contribution is -2.37. The number of ketones is 1. The van der Waals surface area contributed by atoms with Gasteiger partial charge in [-0.15, -0.1) is 5.10 Å². The largest absolute Gasteiger partial charge is 0.486 e. The average molecular weight is 552 g/mol. The van der Waals surface area contributed by atoms with Gasteiger partial charge in [0, 0.05) is 29.1 Å². The number of halogens is 1. The zero-order valence-corrected chi connectivity index (χ0v) is 22.4. The van der Waals surface area contributed by atoms with E-state index in [9.17, 15) is 4.79 Å². The predicted octanol–water partition coefficient (Wildman–Crippen LogP) is 5.78. The molecule has 0 N–H and O–H groups in total.